The summed E-state index contributed by atoms with van der Waals surface area (Å²) in [5, 5.41) is 0. The molecule has 1 aromatic carbocycles. The Bertz CT molecular complexity index is 1230. The van der Waals surface area contributed by atoms with E-state index in [1.165, 1.54) is 4.31 Å². The summed E-state index contributed by atoms with van der Waals surface area (Å²) in [5.74, 6) is 0.678. The number of hydrogen-bond donors (Lipinski definition) is 0. The fourth-order valence-corrected chi connectivity index (χ4v) is 7.72. The van der Waals surface area contributed by atoms with Crippen molar-refractivity contribution in [3.05, 3.63) is 33.9 Å². The fraction of sp³-hybridized carbons (Fsp3) is 0.667. The number of benzene rings is 1. The third-order valence-electron chi connectivity index (χ3n) is 6.55. The number of methoxy groups -OCH3 is 1. The molecule has 0 atom stereocenters. The molecule has 0 spiro atoms. The van der Waals surface area contributed by atoms with Crippen LogP contribution in [0.25, 0.3) is 0 Å². The maximum atomic E-state index is 12.9. The number of carbonyl (C=O) groups is 1. The highest BCUT2D eigenvalue weighted by Gasteiger charge is 2.33. The topological polar surface area (TPSA) is 118 Å². The van der Waals surface area contributed by atoms with Gasteiger partial charge in [-0.05, 0) is 45.7 Å². The van der Waals surface area contributed by atoms with E-state index in [0.717, 1.165) is 34.6 Å². The zero-order valence-electron chi connectivity index (χ0n) is 25.4. The molecule has 13 heteroatoms. The van der Waals surface area contributed by atoms with Crippen molar-refractivity contribution in [1.82, 2.24) is 4.31 Å². The van der Waals surface area contributed by atoms with Crippen molar-refractivity contribution in [3.63, 3.8) is 0 Å². The lowest BCUT2D eigenvalue weighted by Crippen LogP contribution is -2.34. The maximum Gasteiger partial charge on any atom is 0.342 e. The number of cyclic esters (lactones) is 1. The van der Waals surface area contributed by atoms with Crippen LogP contribution in [0.15, 0.2) is 11.6 Å². The van der Waals surface area contributed by atoms with Crippen LogP contribution in [0.5, 0.6) is 11.5 Å². The number of hydrogen-bond acceptors (Lipinski definition) is 9. The molecule has 40 heavy (non-hydrogen) atoms. The van der Waals surface area contributed by atoms with Crippen molar-refractivity contribution >= 4 is 31.7 Å². The van der Waals surface area contributed by atoms with Gasteiger partial charge in [0.2, 0.25) is 10.0 Å². The molecule has 0 aliphatic carbocycles. The van der Waals surface area contributed by atoms with Crippen LogP contribution in [0.4, 0.5) is 0 Å². The average Bonchev–Trinajstić information content (AvgIpc) is 3.22. The first-order valence-electron chi connectivity index (χ1n) is 13.6. The van der Waals surface area contributed by atoms with E-state index >= 15 is 0 Å². The molecule has 0 aromatic heterocycles. The van der Waals surface area contributed by atoms with Gasteiger partial charge < -0.3 is 23.3 Å². The first-order valence-corrected chi connectivity index (χ1v) is 20.9. The van der Waals surface area contributed by atoms with Crippen LogP contribution in [-0.4, -0.2) is 79.2 Å². The Morgan fingerprint density at radius 3 is 2.30 bits per heavy atom. The molecule has 0 N–H and O–H groups in total. The molecular formula is C27H46NO9PSSi. The summed E-state index contributed by atoms with van der Waals surface area (Å²) >= 11 is 0. The Kier molecular flexibility index (Phi) is 12.5. The normalized spacial score (nSPS) is 14.4. The van der Waals surface area contributed by atoms with E-state index in [1.54, 1.807) is 21.0 Å². The van der Waals surface area contributed by atoms with Crippen molar-refractivity contribution < 1.29 is 41.0 Å². The first-order chi connectivity index (χ1) is 18.6. The van der Waals surface area contributed by atoms with Crippen LogP contribution in [0, 0.1) is 6.92 Å². The molecule has 10 nitrogen and oxygen atoms in total. The van der Waals surface area contributed by atoms with Crippen molar-refractivity contribution in [1.29, 1.82) is 0 Å². The minimum absolute atomic E-state index is 0.0144. The van der Waals surface area contributed by atoms with Crippen LogP contribution < -0.4 is 9.47 Å². The van der Waals surface area contributed by atoms with E-state index in [9.17, 15) is 17.8 Å². The Morgan fingerprint density at radius 2 is 1.77 bits per heavy atom. The lowest BCUT2D eigenvalue weighted by atomic mass is 9.95. The van der Waals surface area contributed by atoms with Gasteiger partial charge in [-0.25, -0.2) is 13.2 Å². The average molecular weight is 620 g/mol. The van der Waals surface area contributed by atoms with E-state index < -0.39 is 31.7 Å². The summed E-state index contributed by atoms with van der Waals surface area (Å²) in [5.41, 5.74) is 3.52. The second-order valence-electron chi connectivity index (χ2n) is 11.1. The molecular weight excluding hydrogens is 573 g/mol. The second kappa shape index (κ2) is 14.5. The van der Waals surface area contributed by atoms with Gasteiger partial charge in [-0.2, -0.15) is 4.31 Å². The third-order valence-corrected chi connectivity index (χ3v) is 11.6. The lowest BCUT2D eigenvalue weighted by Gasteiger charge is -2.24. The standard InChI is InChI=1S/C27H46NO9PSSi/c1-10-36-38(30,37-11-2)16-14-28(39(6,31)32)18-20(3)12-13-22-25(33-5)21(4)23-19-35-27(29)24(23)26(22)34-15-17-40(7,8)9/h12H,10-11,13-19H2,1-9H3. The molecule has 0 saturated carbocycles. The first kappa shape index (κ1) is 34.5. The number of nitrogens with zero attached hydrogens (tertiary/aromatic N) is 1. The fourth-order valence-electron chi connectivity index (χ4n) is 4.40. The van der Waals surface area contributed by atoms with Crippen LogP contribution in [0.1, 0.15) is 47.8 Å². The highest BCUT2D eigenvalue weighted by Crippen LogP contribution is 2.48. The van der Waals surface area contributed by atoms with Crippen LogP contribution in [-0.2, 0) is 41.4 Å². The van der Waals surface area contributed by atoms with E-state index in [1.807, 2.05) is 19.9 Å². The van der Waals surface area contributed by atoms with Crippen LogP contribution in [0.3, 0.4) is 0 Å². The van der Waals surface area contributed by atoms with E-state index in [4.69, 9.17) is 23.3 Å². The van der Waals surface area contributed by atoms with Gasteiger partial charge >= 0.3 is 13.6 Å². The number of sulfonamides is 1. The Hall–Kier alpha value is -1.69. The van der Waals surface area contributed by atoms with Gasteiger partial charge in [0.25, 0.3) is 0 Å². The monoisotopic (exact) mass is 619 g/mol. The summed E-state index contributed by atoms with van der Waals surface area (Å²) in [6.45, 7) is 15.0. The SMILES string of the molecule is CCOP(=O)(CCN(CC(C)=CCc1c(OC)c(C)c2c(c1OCC[Si](C)(C)C)C(=O)OC2)S(C)(=O)=O)OCC. The summed E-state index contributed by atoms with van der Waals surface area (Å²) in [7, 11) is -6.83. The lowest BCUT2D eigenvalue weighted by molar-refractivity contribution is 0.0532. The summed E-state index contributed by atoms with van der Waals surface area (Å²) in [6, 6.07) is 0.915. The molecule has 0 radical (unpaired) electrons. The van der Waals surface area contributed by atoms with Crippen molar-refractivity contribution in [2.45, 2.75) is 66.4 Å². The molecule has 1 aliphatic heterocycles. The second-order valence-corrected chi connectivity index (χ2v) is 20.9. The zero-order chi connectivity index (χ0) is 30.3. The molecule has 2 rings (SSSR count). The Balaban J connectivity index is 2.38. The molecule has 0 amide bonds. The van der Waals surface area contributed by atoms with E-state index in [0.29, 0.717) is 30.1 Å². The Labute approximate surface area is 240 Å². The number of rotatable bonds is 17. The maximum absolute atomic E-state index is 12.9. The summed E-state index contributed by atoms with van der Waals surface area (Å²) in [4.78, 5) is 12.7. The molecule has 0 saturated heterocycles. The molecule has 1 aromatic rings. The van der Waals surface area contributed by atoms with Gasteiger partial charge in [0.15, 0.2) is 0 Å². The largest absolute Gasteiger partial charge is 0.496 e. The molecule has 0 unspecified atom stereocenters. The van der Waals surface area contributed by atoms with Gasteiger partial charge in [-0.1, -0.05) is 31.3 Å². The van der Waals surface area contributed by atoms with Gasteiger partial charge in [-0.3, -0.25) is 4.57 Å². The van der Waals surface area contributed by atoms with Gasteiger partial charge in [0, 0.05) is 32.3 Å². The summed E-state index contributed by atoms with van der Waals surface area (Å²) < 4.78 is 67.4. The third kappa shape index (κ3) is 9.42. The predicted octanol–water partition coefficient (Wildman–Crippen LogP) is 5.41. The highest BCUT2D eigenvalue weighted by molar-refractivity contribution is 7.88. The van der Waals surface area contributed by atoms with E-state index in [-0.39, 0.29) is 39.1 Å². The van der Waals surface area contributed by atoms with Gasteiger partial charge in [-0.15, -0.1) is 0 Å². The smallest absolute Gasteiger partial charge is 0.342 e. The number of allylic oxidation sites excluding steroid dienone is 1. The molecule has 0 bridgehead atoms. The minimum Gasteiger partial charge on any atom is -0.496 e. The van der Waals surface area contributed by atoms with Gasteiger partial charge in [0.1, 0.15) is 23.7 Å². The molecule has 1 aliphatic rings. The number of fused-ring (bicyclic) bond motifs is 1. The number of carbonyl (C=O) groups excluding carboxylic acids is 1. The van der Waals surface area contributed by atoms with Crippen LogP contribution in [0.2, 0.25) is 25.7 Å². The highest BCUT2D eigenvalue weighted by atomic mass is 32.2. The predicted molar refractivity (Wildman–Crippen MR) is 160 cm³/mol. The molecule has 1 heterocycles. The van der Waals surface area contributed by atoms with Crippen molar-refractivity contribution in [3.8, 4) is 11.5 Å². The molecule has 228 valence electrons. The summed E-state index contributed by atoms with van der Waals surface area (Å²) in [6.07, 6.45) is 3.32. The van der Waals surface area contributed by atoms with Crippen molar-refractivity contribution in [2.75, 3.05) is 52.4 Å². The molecule has 0 fully saturated rings. The van der Waals surface area contributed by atoms with Crippen molar-refractivity contribution in [2.24, 2.45) is 0 Å². The number of ether oxygens (including phenoxy) is 3. The van der Waals surface area contributed by atoms with E-state index in [2.05, 4.69) is 19.6 Å². The quantitative estimate of drug-likeness (QED) is 0.0977. The van der Waals surface area contributed by atoms with Crippen LogP contribution >= 0.6 is 7.60 Å². The van der Waals surface area contributed by atoms with Gasteiger partial charge in [0.05, 0.1) is 39.3 Å². The zero-order valence-corrected chi connectivity index (χ0v) is 28.1. The minimum atomic E-state index is -3.61. The Morgan fingerprint density at radius 1 is 1.15 bits per heavy atom. The number of esters is 1.